The Morgan fingerprint density at radius 3 is 2.65 bits per heavy atom. The highest BCUT2D eigenvalue weighted by atomic mass is 16.6. The van der Waals surface area contributed by atoms with E-state index >= 15 is 0 Å². The van der Waals surface area contributed by atoms with Crippen LogP contribution >= 0.6 is 0 Å². The first-order valence-corrected chi connectivity index (χ1v) is 7.14. The van der Waals surface area contributed by atoms with Crippen molar-refractivity contribution < 1.29 is 19.2 Å². The van der Waals surface area contributed by atoms with Gasteiger partial charge >= 0.3 is 5.97 Å². The second-order valence-electron chi connectivity index (χ2n) is 5.40. The van der Waals surface area contributed by atoms with Crippen LogP contribution in [0.3, 0.4) is 0 Å². The molecule has 7 nitrogen and oxygen atoms in total. The van der Waals surface area contributed by atoms with Crippen molar-refractivity contribution in [3.63, 3.8) is 0 Å². The molecule has 0 heterocycles. The molecular formula is C16H20N2O5. The van der Waals surface area contributed by atoms with Gasteiger partial charge in [0, 0.05) is 18.2 Å². The third-order valence-electron chi connectivity index (χ3n) is 3.02. The van der Waals surface area contributed by atoms with Crippen LogP contribution in [-0.4, -0.2) is 30.0 Å². The molecule has 0 spiro atoms. The quantitative estimate of drug-likeness (QED) is 0.360. The highest BCUT2D eigenvalue weighted by Gasteiger charge is 2.21. The minimum atomic E-state index is -0.720. The lowest BCUT2D eigenvalue weighted by Crippen LogP contribution is -2.41. The van der Waals surface area contributed by atoms with Gasteiger partial charge in [0.15, 0.2) is 0 Å². The lowest BCUT2D eigenvalue weighted by molar-refractivity contribution is -0.384. The smallest absolute Gasteiger partial charge is 0.328 e. The average Bonchev–Trinajstić information content (AvgIpc) is 2.51. The molecule has 0 saturated heterocycles. The van der Waals surface area contributed by atoms with E-state index in [4.69, 9.17) is 0 Å². The summed E-state index contributed by atoms with van der Waals surface area (Å²) in [4.78, 5) is 33.7. The molecule has 1 rings (SSSR count). The van der Waals surface area contributed by atoms with Gasteiger partial charge in [-0.2, -0.15) is 0 Å². The van der Waals surface area contributed by atoms with Crippen molar-refractivity contribution in [1.29, 1.82) is 0 Å². The van der Waals surface area contributed by atoms with Crippen LogP contribution in [0.15, 0.2) is 30.3 Å². The molecular weight excluding hydrogens is 300 g/mol. The lowest BCUT2D eigenvalue weighted by Gasteiger charge is -2.17. The number of nitrogens with one attached hydrogen (secondary N) is 1. The largest absolute Gasteiger partial charge is 0.467 e. The summed E-state index contributed by atoms with van der Waals surface area (Å²) in [7, 11) is 1.26. The fraction of sp³-hybridized carbons (Fsp3) is 0.375. The minimum absolute atomic E-state index is 0.0557. The maximum Gasteiger partial charge on any atom is 0.328 e. The van der Waals surface area contributed by atoms with Gasteiger partial charge in [0.05, 0.1) is 12.0 Å². The zero-order valence-electron chi connectivity index (χ0n) is 13.3. The van der Waals surface area contributed by atoms with Crippen LogP contribution < -0.4 is 5.32 Å². The number of hydrogen-bond acceptors (Lipinski definition) is 5. The van der Waals surface area contributed by atoms with E-state index in [1.807, 2.05) is 13.8 Å². The summed E-state index contributed by atoms with van der Waals surface area (Å²) in [6, 6.07) is 5.18. The molecule has 0 radical (unpaired) electrons. The highest BCUT2D eigenvalue weighted by Crippen LogP contribution is 2.14. The summed E-state index contributed by atoms with van der Waals surface area (Å²) in [5.74, 6) is -0.761. The van der Waals surface area contributed by atoms with Gasteiger partial charge in [0.25, 0.3) is 5.69 Å². The first-order chi connectivity index (χ1) is 10.8. The van der Waals surface area contributed by atoms with Crippen molar-refractivity contribution in [3.05, 3.63) is 46.0 Å². The monoisotopic (exact) mass is 320 g/mol. The number of nitro groups is 1. The zero-order chi connectivity index (χ0) is 17.4. The normalized spacial score (nSPS) is 12.2. The van der Waals surface area contributed by atoms with Gasteiger partial charge in [0.1, 0.15) is 6.04 Å². The number of methoxy groups -OCH3 is 1. The van der Waals surface area contributed by atoms with Gasteiger partial charge in [0.2, 0.25) is 5.91 Å². The van der Waals surface area contributed by atoms with Crippen molar-refractivity contribution in [2.45, 2.75) is 26.3 Å². The molecule has 1 atom stereocenters. The number of hydrogen-bond donors (Lipinski definition) is 1. The third kappa shape index (κ3) is 6.29. The van der Waals surface area contributed by atoms with E-state index < -0.39 is 22.8 Å². The van der Waals surface area contributed by atoms with Crippen LogP contribution in [0.25, 0.3) is 6.08 Å². The van der Waals surface area contributed by atoms with Gasteiger partial charge in [-0.3, -0.25) is 14.9 Å². The summed E-state index contributed by atoms with van der Waals surface area (Å²) < 4.78 is 4.67. The first kappa shape index (κ1) is 18.3. The van der Waals surface area contributed by atoms with Crippen LogP contribution in [-0.2, 0) is 14.3 Å². The number of benzene rings is 1. The molecule has 23 heavy (non-hydrogen) atoms. The number of nitro benzene ring substituents is 1. The molecule has 0 fully saturated rings. The fourth-order valence-electron chi connectivity index (χ4n) is 1.96. The Balaban J connectivity index is 2.75. The molecule has 0 saturated carbocycles. The number of esters is 1. The maximum atomic E-state index is 11.9. The van der Waals surface area contributed by atoms with Crippen molar-refractivity contribution >= 4 is 23.6 Å². The second-order valence-corrected chi connectivity index (χ2v) is 5.40. The summed E-state index contributed by atoms with van der Waals surface area (Å²) in [5, 5.41) is 13.3. The van der Waals surface area contributed by atoms with E-state index in [0.717, 1.165) is 0 Å². The summed E-state index contributed by atoms with van der Waals surface area (Å²) in [6.07, 6.45) is 3.14. The Morgan fingerprint density at radius 1 is 1.39 bits per heavy atom. The highest BCUT2D eigenvalue weighted by molar-refractivity contribution is 5.94. The average molecular weight is 320 g/mol. The van der Waals surface area contributed by atoms with Gasteiger partial charge in [-0.05, 0) is 24.0 Å². The van der Waals surface area contributed by atoms with E-state index in [-0.39, 0.29) is 11.6 Å². The van der Waals surface area contributed by atoms with Crippen molar-refractivity contribution in [1.82, 2.24) is 5.32 Å². The Morgan fingerprint density at radius 2 is 2.09 bits per heavy atom. The first-order valence-electron chi connectivity index (χ1n) is 7.14. The summed E-state index contributed by atoms with van der Waals surface area (Å²) in [6.45, 7) is 3.86. The number of nitrogens with zero attached hydrogens (tertiary/aromatic N) is 1. The van der Waals surface area contributed by atoms with Crippen LogP contribution in [0.5, 0.6) is 0 Å². The van der Waals surface area contributed by atoms with Crippen LogP contribution in [0.2, 0.25) is 0 Å². The SMILES string of the molecule is COC(=O)C(CC(C)C)NC(=O)/C=C/c1cccc([N+](=O)[O-])c1. The standard InChI is InChI=1S/C16H20N2O5/c1-11(2)9-14(16(20)23-3)17-15(19)8-7-12-5-4-6-13(10-12)18(21)22/h4-8,10-11,14H,9H2,1-3H3,(H,17,19)/b8-7+. The van der Waals surface area contributed by atoms with E-state index in [2.05, 4.69) is 10.1 Å². The van der Waals surface area contributed by atoms with Crippen LogP contribution in [0, 0.1) is 16.0 Å². The van der Waals surface area contributed by atoms with Crippen LogP contribution in [0.1, 0.15) is 25.8 Å². The molecule has 0 aliphatic heterocycles. The lowest BCUT2D eigenvalue weighted by atomic mass is 10.0. The molecule has 0 aromatic heterocycles. The minimum Gasteiger partial charge on any atom is -0.467 e. The summed E-state index contributed by atoms with van der Waals surface area (Å²) in [5.41, 5.74) is 0.465. The van der Waals surface area contributed by atoms with E-state index in [1.54, 1.807) is 6.07 Å². The number of carbonyl (C=O) groups is 2. The molecule has 0 aliphatic rings. The topological polar surface area (TPSA) is 98.5 Å². The molecule has 124 valence electrons. The molecule has 1 aromatic carbocycles. The predicted octanol–water partition coefficient (Wildman–Crippen LogP) is 2.31. The number of non-ortho nitro benzene ring substituents is 1. The molecule has 1 unspecified atom stereocenters. The van der Waals surface area contributed by atoms with Crippen molar-refractivity contribution in [2.75, 3.05) is 7.11 Å². The van der Waals surface area contributed by atoms with Gasteiger partial charge in [-0.25, -0.2) is 4.79 Å². The maximum absolute atomic E-state index is 11.9. The van der Waals surface area contributed by atoms with E-state index in [0.29, 0.717) is 12.0 Å². The van der Waals surface area contributed by atoms with Crippen LogP contribution in [0.4, 0.5) is 5.69 Å². The van der Waals surface area contributed by atoms with Crippen molar-refractivity contribution in [3.8, 4) is 0 Å². The molecule has 7 heteroatoms. The van der Waals surface area contributed by atoms with E-state index in [9.17, 15) is 19.7 Å². The number of rotatable bonds is 7. The number of carbonyl (C=O) groups excluding carboxylic acids is 2. The molecule has 0 bridgehead atoms. The van der Waals surface area contributed by atoms with Gasteiger partial charge in [-0.1, -0.05) is 26.0 Å². The van der Waals surface area contributed by atoms with Gasteiger partial charge < -0.3 is 10.1 Å². The molecule has 1 amide bonds. The Bertz CT molecular complexity index is 610. The van der Waals surface area contributed by atoms with Gasteiger partial charge in [-0.15, -0.1) is 0 Å². The molecule has 0 aliphatic carbocycles. The summed E-state index contributed by atoms with van der Waals surface area (Å²) >= 11 is 0. The Kier molecular flexibility index (Phi) is 6.92. The van der Waals surface area contributed by atoms with E-state index in [1.165, 1.54) is 37.5 Å². The Hall–Kier alpha value is -2.70. The third-order valence-corrected chi connectivity index (χ3v) is 3.02. The fourth-order valence-corrected chi connectivity index (χ4v) is 1.96. The predicted molar refractivity (Wildman–Crippen MR) is 85.5 cm³/mol. The second kappa shape index (κ2) is 8.67. The number of ether oxygens (including phenoxy) is 1. The van der Waals surface area contributed by atoms with Crippen molar-refractivity contribution in [2.24, 2.45) is 5.92 Å². The number of amides is 1. The Labute approximate surface area is 134 Å². The molecule has 1 aromatic rings. The molecule has 1 N–H and O–H groups in total. The zero-order valence-corrected chi connectivity index (χ0v) is 13.3.